The lowest BCUT2D eigenvalue weighted by Gasteiger charge is -2.16. The molecule has 0 saturated heterocycles. The molecule has 3 aromatic rings. The Morgan fingerprint density at radius 3 is 2.21 bits per heavy atom. The summed E-state index contributed by atoms with van der Waals surface area (Å²) < 4.78 is 5.10. The normalized spacial score (nSPS) is 13.1. The molecule has 1 heterocycles. The minimum absolute atomic E-state index is 0.0501. The van der Waals surface area contributed by atoms with Gasteiger partial charge in [0.15, 0.2) is 0 Å². The minimum atomic E-state index is -0.650. The van der Waals surface area contributed by atoms with Crippen LogP contribution in [0.1, 0.15) is 34.8 Å². The average Bonchev–Trinajstić information content (AvgIpc) is 3.13. The number of esters is 1. The maximum absolute atomic E-state index is 13.0. The Kier molecular flexibility index (Phi) is 8.69. The molecule has 10 heteroatoms. The van der Waals surface area contributed by atoms with Crippen molar-refractivity contribution in [1.29, 1.82) is 0 Å². The lowest BCUT2D eigenvalue weighted by Crippen LogP contribution is -2.32. The van der Waals surface area contributed by atoms with Gasteiger partial charge in [-0.05, 0) is 73.0 Å². The fourth-order valence-corrected chi connectivity index (χ4v) is 4.16. The summed E-state index contributed by atoms with van der Waals surface area (Å²) in [4.78, 5) is 51.1. The first-order valence-corrected chi connectivity index (χ1v) is 12.9. The molecule has 3 amide bonds. The molecule has 0 aliphatic carbocycles. The minimum Gasteiger partial charge on any atom is -0.462 e. The lowest BCUT2D eigenvalue weighted by molar-refractivity contribution is -0.120. The Labute approximate surface area is 235 Å². The number of anilines is 3. The molecule has 1 aliphatic heterocycles. The molecule has 0 fully saturated rings. The van der Waals surface area contributed by atoms with E-state index in [1.165, 1.54) is 6.07 Å². The van der Waals surface area contributed by atoms with E-state index < -0.39 is 17.8 Å². The largest absolute Gasteiger partial charge is 0.462 e. The third-order valence-electron chi connectivity index (χ3n) is 5.87. The monoisotopic (exact) mass is 565 g/mol. The molecule has 8 nitrogen and oxygen atoms in total. The van der Waals surface area contributed by atoms with E-state index in [1.807, 2.05) is 13.8 Å². The summed E-state index contributed by atoms with van der Waals surface area (Å²) in [5, 5.41) is 5.89. The summed E-state index contributed by atoms with van der Waals surface area (Å²) in [7, 11) is 0. The van der Waals surface area contributed by atoms with Gasteiger partial charge in [0, 0.05) is 16.4 Å². The molecule has 0 bridgehead atoms. The highest BCUT2D eigenvalue weighted by Gasteiger charge is 2.39. The molecule has 0 spiro atoms. The van der Waals surface area contributed by atoms with E-state index in [2.05, 4.69) is 10.6 Å². The van der Waals surface area contributed by atoms with Gasteiger partial charge in [-0.15, -0.1) is 0 Å². The zero-order valence-corrected chi connectivity index (χ0v) is 22.7. The Morgan fingerprint density at radius 2 is 1.56 bits per heavy atom. The van der Waals surface area contributed by atoms with E-state index in [9.17, 15) is 19.2 Å². The summed E-state index contributed by atoms with van der Waals surface area (Å²) in [5.41, 5.74) is 3.29. The molecular formula is C29H25Cl2N3O5. The van der Waals surface area contributed by atoms with Gasteiger partial charge in [0.1, 0.15) is 10.7 Å². The van der Waals surface area contributed by atoms with Gasteiger partial charge in [0.2, 0.25) is 5.91 Å². The van der Waals surface area contributed by atoms with Gasteiger partial charge in [-0.25, -0.2) is 9.69 Å². The van der Waals surface area contributed by atoms with Crippen LogP contribution < -0.4 is 15.5 Å². The number of nitrogens with one attached hydrogen (secondary N) is 2. The summed E-state index contributed by atoms with van der Waals surface area (Å²) in [6.45, 7) is 4.08. The molecule has 0 unspecified atom stereocenters. The van der Waals surface area contributed by atoms with Crippen LogP contribution in [0.4, 0.5) is 17.1 Å². The molecule has 0 aromatic heterocycles. The fraction of sp³-hybridized carbons (Fsp3) is 0.172. The SMILES string of the molecule is CCCOC(=O)c1ccc(NC(=O)Cc2ccc(NC3=C(Cl)C(=O)N(c4ccc(C)c(Cl)c4)C3=O)cc2)cc1. The number of ether oxygens (including phenoxy) is 1. The number of carbonyl (C=O) groups excluding carboxylic acids is 4. The zero-order valence-electron chi connectivity index (χ0n) is 21.2. The molecule has 0 atom stereocenters. The highest BCUT2D eigenvalue weighted by atomic mass is 35.5. The van der Waals surface area contributed by atoms with Gasteiger partial charge in [-0.1, -0.05) is 48.3 Å². The van der Waals surface area contributed by atoms with Crippen LogP contribution in [0, 0.1) is 6.92 Å². The summed E-state index contributed by atoms with van der Waals surface area (Å²) >= 11 is 12.4. The molecular weight excluding hydrogens is 541 g/mol. The van der Waals surface area contributed by atoms with E-state index >= 15 is 0 Å². The second kappa shape index (κ2) is 12.1. The van der Waals surface area contributed by atoms with Crippen LogP contribution in [0.15, 0.2) is 77.5 Å². The molecule has 1 aliphatic rings. The van der Waals surface area contributed by atoms with Gasteiger partial charge in [0.05, 0.1) is 24.3 Å². The van der Waals surface area contributed by atoms with Crippen LogP contribution in [0.3, 0.4) is 0 Å². The van der Waals surface area contributed by atoms with Gasteiger partial charge in [-0.3, -0.25) is 14.4 Å². The van der Waals surface area contributed by atoms with E-state index in [1.54, 1.807) is 60.7 Å². The molecule has 0 radical (unpaired) electrons. The summed E-state index contributed by atoms with van der Waals surface area (Å²) in [6, 6.07) is 18.1. The standard InChI is InChI=1S/C29H25Cl2N3O5/c1-3-14-39-29(38)19-7-11-20(12-8-19)32-24(35)15-18-5-9-21(10-6-18)33-26-25(31)27(36)34(28(26)37)22-13-4-17(2)23(30)16-22/h4-13,16,33H,3,14-15H2,1-2H3,(H,32,35). The van der Waals surface area contributed by atoms with Crippen LogP contribution >= 0.6 is 23.2 Å². The first kappa shape index (κ1) is 27.9. The molecule has 39 heavy (non-hydrogen) atoms. The van der Waals surface area contributed by atoms with Crippen molar-refractivity contribution in [2.24, 2.45) is 0 Å². The number of amides is 3. The van der Waals surface area contributed by atoms with E-state index in [0.717, 1.165) is 22.4 Å². The smallest absolute Gasteiger partial charge is 0.338 e. The Morgan fingerprint density at radius 1 is 0.897 bits per heavy atom. The maximum Gasteiger partial charge on any atom is 0.338 e. The maximum atomic E-state index is 13.0. The van der Waals surface area contributed by atoms with E-state index in [0.29, 0.717) is 34.3 Å². The number of hydrogen-bond acceptors (Lipinski definition) is 6. The van der Waals surface area contributed by atoms with Crippen molar-refractivity contribution in [2.75, 3.05) is 22.1 Å². The van der Waals surface area contributed by atoms with Gasteiger partial charge >= 0.3 is 5.97 Å². The van der Waals surface area contributed by atoms with Crippen LogP contribution in [0.2, 0.25) is 5.02 Å². The molecule has 2 N–H and O–H groups in total. The first-order valence-electron chi connectivity index (χ1n) is 12.2. The average molecular weight is 566 g/mol. The van der Waals surface area contributed by atoms with Crippen molar-refractivity contribution in [3.8, 4) is 0 Å². The van der Waals surface area contributed by atoms with Crippen molar-refractivity contribution < 1.29 is 23.9 Å². The van der Waals surface area contributed by atoms with Crippen molar-refractivity contribution in [3.05, 3.63) is 99.2 Å². The number of aryl methyl sites for hydroxylation is 1. The van der Waals surface area contributed by atoms with E-state index in [4.69, 9.17) is 27.9 Å². The van der Waals surface area contributed by atoms with E-state index in [-0.39, 0.29) is 23.1 Å². The van der Waals surface area contributed by atoms with Crippen molar-refractivity contribution in [3.63, 3.8) is 0 Å². The third kappa shape index (κ3) is 6.47. The second-order valence-electron chi connectivity index (χ2n) is 8.83. The molecule has 200 valence electrons. The Bertz CT molecular complexity index is 1470. The number of carbonyl (C=O) groups is 4. The van der Waals surface area contributed by atoms with Gasteiger partial charge in [0.25, 0.3) is 11.8 Å². The number of rotatable bonds is 9. The molecule has 3 aromatic carbocycles. The van der Waals surface area contributed by atoms with Crippen molar-refractivity contribution in [1.82, 2.24) is 0 Å². The number of benzene rings is 3. The van der Waals surface area contributed by atoms with Crippen molar-refractivity contribution >= 4 is 64.0 Å². The predicted molar refractivity (Wildman–Crippen MR) is 151 cm³/mol. The topological polar surface area (TPSA) is 105 Å². The summed E-state index contributed by atoms with van der Waals surface area (Å²) in [6.07, 6.45) is 0.839. The Balaban J connectivity index is 1.36. The van der Waals surface area contributed by atoms with Crippen LogP contribution in [-0.2, 0) is 25.5 Å². The van der Waals surface area contributed by atoms with Crippen molar-refractivity contribution in [2.45, 2.75) is 26.7 Å². The van der Waals surface area contributed by atoms with Gasteiger partial charge in [-0.2, -0.15) is 0 Å². The van der Waals surface area contributed by atoms with Crippen LogP contribution in [-0.4, -0.2) is 30.3 Å². The van der Waals surface area contributed by atoms with Crippen LogP contribution in [0.25, 0.3) is 0 Å². The summed E-state index contributed by atoms with van der Waals surface area (Å²) in [5.74, 6) is -1.90. The number of hydrogen-bond donors (Lipinski definition) is 2. The van der Waals surface area contributed by atoms with Crippen LogP contribution in [0.5, 0.6) is 0 Å². The quantitative estimate of drug-likeness (QED) is 0.250. The fourth-order valence-electron chi connectivity index (χ4n) is 3.78. The molecule has 0 saturated carbocycles. The first-order chi connectivity index (χ1) is 18.7. The second-order valence-corrected chi connectivity index (χ2v) is 9.61. The van der Waals surface area contributed by atoms with Gasteiger partial charge < -0.3 is 15.4 Å². The third-order valence-corrected chi connectivity index (χ3v) is 6.63. The highest BCUT2D eigenvalue weighted by molar-refractivity contribution is 6.53. The number of halogens is 2. The lowest BCUT2D eigenvalue weighted by atomic mass is 10.1. The highest BCUT2D eigenvalue weighted by Crippen LogP contribution is 2.32. The zero-order chi connectivity index (χ0) is 28.1. The number of nitrogens with zero attached hydrogens (tertiary/aromatic N) is 1. The predicted octanol–water partition coefficient (Wildman–Crippen LogP) is 5.83. The molecule has 4 rings (SSSR count). The Hall–Kier alpha value is -4.14. The number of imide groups is 1.